The van der Waals surface area contributed by atoms with Crippen LogP contribution in [-0.2, 0) is 0 Å². The lowest BCUT2D eigenvalue weighted by molar-refractivity contribution is 0.396. The number of hydrogen-bond donors (Lipinski definition) is 3. The topological polar surface area (TPSA) is 149 Å². The normalized spacial score (nSPS) is 11.5. The van der Waals surface area contributed by atoms with Gasteiger partial charge in [0.1, 0.15) is 56.8 Å². The average Bonchev–Trinajstić information content (AvgIpc) is 2.91. The van der Waals surface area contributed by atoms with Crippen molar-refractivity contribution < 1.29 is 38.4 Å². The monoisotopic (exact) mass is 556 g/mol. The van der Waals surface area contributed by atoms with Crippen molar-refractivity contribution in [3.05, 3.63) is 68.4 Å². The van der Waals surface area contributed by atoms with Gasteiger partial charge in [0.05, 0.1) is 37.7 Å². The van der Waals surface area contributed by atoms with E-state index in [1.807, 2.05) is 0 Å². The fourth-order valence-electron chi connectivity index (χ4n) is 5.52. The van der Waals surface area contributed by atoms with E-state index in [1.54, 1.807) is 26.0 Å². The maximum Gasteiger partial charge on any atom is 0.196 e. The third-order valence-electron chi connectivity index (χ3n) is 7.16. The third-order valence-corrected chi connectivity index (χ3v) is 7.16. The summed E-state index contributed by atoms with van der Waals surface area (Å²) in [5.74, 6) is 0.258. The van der Waals surface area contributed by atoms with Gasteiger partial charge in [0.25, 0.3) is 0 Å². The quantitative estimate of drug-likeness (QED) is 0.184. The highest BCUT2D eigenvalue weighted by Crippen LogP contribution is 2.50. The largest absolute Gasteiger partial charge is 0.507 e. The Morgan fingerprint density at radius 2 is 1.32 bits per heavy atom. The molecule has 3 N–H and O–H groups in total. The van der Waals surface area contributed by atoms with Crippen LogP contribution < -0.4 is 25.1 Å². The van der Waals surface area contributed by atoms with Crippen LogP contribution in [0, 0.1) is 13.8 Å². The standard InChI is InChI=1S/C31H24O10/c1-12-6-17(32)25-19(34)8-14-9-20(35)26(29(39-5)22(14)30(25)40-12)24-16-10-15(37-3)11-21(38-4)23(16)28(36)27-18(33)7-13(2)41-31(24)27/h6-11,32,34,36H,1-5H3. The Hall–Kier alpha value is -5.38. The first-order valence-corrected chi connectivity index (χ1v) is 12.4. The predicted octanol–water partition coefficient (Wildman–Crippen LogP) is 5.63. The van der Waals surface area contributed by atoms with Gasteiger partial charge in [0.15, 0.2) is 22.0 Å². The van der Waals surface area contributed by atoms with Crippen molar-refractivity contribution in [1.82, 2.24) is 0 Å². The molecule has 10 heteroatoms. The van der Waals surface area contributed by atoms with E-state index in [9.17, 15) is 24.9 Å². The van der Waals surface area contributed by atoms with E-state index in [0.717, 1.165) is 0 Å². The van der Waals surface area contributed by atoms with Crippen molar-refractivity contribution in [2.75, 3.05) is 21.3 Å². The molecular formula is C31H24O10. The van der Waals surface area contributed by atoms with Gasteiger partial charge in [-0.1, -0.05) is 0 Å². The van der Waals surface area contributed by atoms with Crippen molar-refractivity contribution >= 4 is 43.5 Å². The molecule has 0 aliphatic heterocycles. The minimum absolute atomic E-state index is 0.0118. The van der Waals surface area contributed by atoms with E-state index in [-0.39, 0.29) is 89.1 Å². The van der Waals surface area contributed by atoms with E-state index in [0.29, 0.717) is 11.5 Å². The molecule has 208 valence electrons. The summed E-state index contributed by atoms with van der Waals surface area (Å²) in [7, 11) is 4.22. The Bertz CT molecular complexity index is 2210. The maximum atomic E-state index is 14.0. The van der Waals surface area contributed by atoms with Crippen molar-refractivity contribution in [3.63, 3.8) is 0 Å². The highest BCUT2D eigenvalue weighted by Gasteiger charge is 2.29. The smallest absolute Gasteiger partial charge is 0.196 e. The zero-order chi connectivity index (χ0) is 29.3. The van der Waals surface area contributed by atoms with E-state index in [2.05, 4.69) is 0 Å². The van der Waals surface area contributed by atoms with Crippen LogP contribution in [0.25, 0.3) is 54.6 Å². The van der Waals surface area contributed by atoms with E-state index >= 15 is 0 Å². The molecule has 0 radical (unpaired) electrons. The number of aromatic hydroxyl groups is 3. The van der Waals surface area contributed by atoms with Crippen LogP contribution in [0.2, 0.25) is 0 Å². The van der Waals surface area contributed by atoms with Gasteiger partial charge in [-0.25, -0.2) is 0 Å². The molecule has 0 saturated carbocycles. The number of benzene rings is 4. The van der Waals surface area contributed by atoms with Gasteiger partial charge >= 0.3 is 0 Å². The maximum absolute atomic E-state index is 14.0. The Morgan fingerprint density at radius 1 is 0.634 bits per heavy atom. The summed E-state index contributed by atoms with van der Waals surface area (Å²) in [6, 6.07) is 8.36. The highest BCUT2D eigenvalue weighted by molar-refractivity contribution is 6.20. The van der Waals surface area contributed by atoms with Crippen LogP contribution >= 0.6 is 0 Å². The van der Waals surface area contributed by atoms with Crippen LogP contribution in [0.5, 0.6) is 34.5 Å². The third kappa shape index (κ3) is 3.64. The van der Waals surface area contributed by atoms with Crippen molar-refractivity contribution in [3.8, 4) is 45.6 Å². The molecule has 6 rings (SSSR count). The fourth-order valence-corrected chi connectivity index (χ4v) is 5.52. The molecule has 6 aromatic rings. The second-order valence-electron chi connectivity index (χ2n) is 9.62. The molecule has 0 amide bonds. The Kier molecular flexibility index (Phi) is 5.74. The zero-order valence-corrected chi connectivity index (χ0v) is 22.7. The summed E-state index contributed by atoms with van der Waals surface area (Å²) in [6.07, 6.45) is 0. The van der Waals surface area contributed by atoms with E-state index < -0.39 is 10.9 Å². The molecule has 0 bridgehead atoms. The van der Waals surface area contributed by atoms with Gasteiger partial charge in [-0.2, -0.15) is 0 Å². The van der Waals surface area contributed by atoms with Crippen molar-refractivity contribution in [2.45, 2.75) is 13.8 Å². The Labute approximate surface area is 231 Å². The summed E-state index contributed by atoms with van der Waals surface area (Å²) in [4.78, 5) is 27.2. The Morgan fingerprint density at radius 3 is 2.00 bits per heavy atom. The Balaban J connectivity index is 1.96. The van der Waals surface area contributed by atoms with Gasteiger partial charge < -0.3 is 38.4 Å². The summed E-state index contributed by atoms with van der Waals surface area (Å²) in [5.41, 5.74) is -0.903. The number of methoxy groups -OCH3 is 3. The summed E-state index contributed by atoms with van der Waals surface area (Å²) < 4.78 is 28.9. The number of aryl methyl sites for hydroxylation is 2. The van der Waals surface area contributed by atoms with E-state index in [1.165, 1.54) is 45.6 Å². The first-order chi connectivity index (χ1) is 19.6. The molecule has 0 unspecified atom stereocenters. The second-order valence-corrected chi connectivity index (χ2v) is 9.62. The lowest BCUT2D eigenvalue weighted by Crippen LogP contribution is -2.09. The number of hydrogen-bond acceptors (Lipinski definition) is 10. The van der Waals surface area contributed by atoms with Crippen LogP contribution in [0.4, 0.5) is 0 Å². The van der Waals surface area contributed by atoms with Crippen LogP contribution in [0.15, 0.2) is 54.8 Å². The second kappa shape index (κ2) is 9.09. The molecule has 0 spiro atoms. The molecule has 0 aliphatic carbocycles. The van der Waals surface area contributed by atoms with Gasteiger partial charge in [0, 0.05) is 29.1 Å². The van der Waals surface area contributed by atoms with Gasteiger partial charge in [0.2, 0.25) is 0 Å². The van der Waals surface area contributed by atoms with E-state index in [4.69, 9.17) is 23.0 Å². The molecule has 4 aromatic carbocycles. The molecule has 0 atom stereocenters. The minimum atomic E-state index is -0.538. The summed E-state index contributed by atoms with van der Waals surface area (Å²) >= 11 is 0. The first-order valence-electron chi connectivity index (χ1n) is 12.4. The lowest BCUT2D eigenvalue weighted by Gasteiger charge is -2.19. The molecule has 2 aromatic heterocycles. The zero-order valence-electron chi connectivity index (χ0n) is 22.7. The molecule has 0 saturated heterocycles. The number of phenols is 2. The molecule has 41 heavy (non-hydrogen) atoms. The van der Waals surface area contributed by atoms with Crippen LogP contribution in [0.1, 0.15) is 11.5 Å². The SMILES string of the molecule is COc1cc(OC)c2c(O)c3c(=O)cc(C)oc3c(-c3c(OC)c4c(cc(O)c5c(O)cc(C)oc54)cc3=O)c2c1. The number of fused-ring (bicyclic) bond motifs is 5. The van der Waals surface area contributed by atoms with Crippen LogP contribution in [-0.4, -0.2) is 36.6 Å². The number of rotatable bonds is 4. The van der Waals surface area contributed by atoms with Crippen molar-refractivity contribution in [1.29, 1.82) is 0 Å². The predicted molar refractivity (Wildman–Crippen MR) is 153 cm³/mol. The number of phenolic OH excluding ortho intramolecular Hbond substituents is 2. The van der Waals surface area contributed by atoms with Gasteiger partial charge in [-0.05, 0) is 37.4 Å². The molecule has 0 aliphatic rings. The minimum Gasteiger partial charge on any atom is -0.507 e. The highest BCUT2D eigenvalue weighted by atomic mass is 16.5. The fraction of sp³-hybridized carbons (Fsp3) is 0.161. The lowest BCUT2D eigenvalue weighted by atomic mass is 9.90. The average molecular weight is 557 g/mol. The molecule has 10 nitrogen and oxygen atoms in total. The van der Waals surface area contributed by atoms with Crippen molar-refractivity contribution in [2.24, 2.45) is 0 Å². The summed E-state index contributed by atoms with van der Waals surface area (Å²) in [6.45, 7) is 3.20. The number of ether oxygens (including phenoxy) is 3. The first kappa shape index (κ1) is 25.9. The van der Waals surface area contributed by atoms with Gasteiger partial charge in [-0.15, -0.1) is 0 Å². The molecule has 0 fully saturated rings. The van der Waals surface area contributed by atoms with Gasteiger partial charge in [-0.3, -0.25) is 9.59 Å². The molecular weight excluding hydrogens is 532 g/mol. The van der Waals surface area contributed by atoms with Crippen LogP contribution in [0.3, 0.4) is 0 Å². The summed E-state index contributed by atoms with van der Waals surface area (Å²) in [5, 5.41) is 33.6. The molecule has 2 heterocycles.